The largest absolute Gasteiger partial charge is 0.465 e. The summed E-state index contributed by atoms with van der Waals surface area (Å²) in [5.74, 6) is -0.352. The number of benzene rings is 3. The van der Waals surface area contributed by atoms with E-state index in [0.29, 0.717) is 5.56 Å². The highest BCUT2D eigenvalue weighted by molar-refractivity contribution is 5.94. The molecule has 0 bridgehead atoms. The maximum Gasteiger partial charge on any atom is 0.337 e. The molecule has 0 aliphatic rings. The van der Waals surface area contributed by atoms with Crippen molar-refractivity contribution in [3.63, 3.8) is 0 Å². The van der Waals surface area contributed by atoms with Gasteiger partial charge in [0.1, 0.15) is 0 Å². The molecule has 4 nitrogen and oxygen atoms in total. The molecule has 0 saturated carbocycles. The van der Waals surface area contributed by atoms with E-state index >= 15 is 0 Å². The molecule has 4 aromatic rings. The lowest BCUT2D eigenvalue weighted by atomic mass is 9.99. The molecule has 1 unspecified atom stereocenters. The average Bonchev–Trinajstić information content (AvgIpc) is 3.15. The summed E-state index contributed by atoms with van der Waals surface area (Å²) in [7, 11) is 1.39. The van der Waals surface area contributed by atoms with E-state index in [4.69, 9.17) is 9.84 Å². The van der Waals surface area contributed by atoms with Crippen molar-refractivity contribution in [3.05, 3.63) is 102 Å². The second-order valence-electron chi connectivity index (χ2n) is 6.49. The second-order valence-corrected chi connectivity index (χ2v) is 6.49. The molecule has 0 N–H and O–H groups in total. The number of ether oxygens (including phenoxy) is 1. The van der Waals surface area contributed by atoms with Gasteiger partial charge in [-0.25, -0.2) is 4.79 Å². The van der Waals surface area contributed by atoms with Crippen LogP contribution in [0.5, 0.6) is 0 Å². The highest BCUT2D eigenvalue weighted by Gasteiger charge is 2.17. The predicted molar refractivity (Wildman–Crippen MR) is 106 cm³/mol. The average molecular weight is 356 g/mol. The number of fused-ring (bicyclic) bond motifs is 1. The smallest absolute Gasteiger partial charge is 0.337 e. The van der Waals surface area contributed by atoms with Crippen LogP contribution in [0.15, 0.2) is 85.1 Å². The number of nitrogens with zero attached hydrogens (tertiary/aromatic N) is 2. The fourth-order valence-corrected chi connectivity index (χ4v) is 3.32. The third kappa shape index (κ3) is 3.60. The van der Waals surface area contributed by atoms with E-state index in [1.165, 1.54) is 18.2 Å². The summed E-state index contributed by atoms with van der Waals surface area (Å²) in [6.45, 7) is 0. The normalized spacial score (nSPS) is 12.0. The lowest BCUT2D eigenvalue weighted by Gasteiger charge is -2.18. The third-order valence-corrected chi connectivity index (χ3v) is 4.72. The minimum absolute atomic E-state index is 0.0718. The number of hydrogen-bond donors (Lipinski definition) is 0. The Morgan fingerprint density at radius 3 is 2.41 bits per heavy atom. The standard InChI is InChI=1S/C23H20N2O2/c1-27-23(26)19-12-13-20-16-25(24-21(20)15-19)22(18-10-6-3-7-11-18)14-17-8-4-2-5-9-17/h2-13,15-16,22H,14H2,1H3. The van der Waals surface area contributed by atoms with Crippen molar-refractivity contribution in [1.82, 2.24) is 9.78 Å². The van der Waals surface area contributed by atoms with Crippen molar-refractivity contribution >= 4 is 16.9 Å². The van der Waals surface area contributed by atoms with Crippen LogP contribution >= 0.6 is 0 Å². The van der Waals surface area contributed by atoms with E-state index in [0.717, 1.165) is 17.3 Å². The number of aromatic nitrogens is 2. The van der Waals surface area contributed by atoms with Gasteiger partial charge in [0, 0.05) is 11.6 Å². The van der Waals surface area contributed by atoms with Crippen LogP contribution in [-0.4, -0.2) is 22.9 Å². The summed E-state index contributed by atoms with van der Waals surface area (Å²) in [5, 5.41) is 5.77. The molecular weight excluding hydrogens is 336 g/mol. The topological polar surface area (TPSA) is 44.1 Å². The fraction of sp³-hybridized carbons (Fsp3) is 0.130. The SMILES string of the molecule is COC(=O)c1ccc2cn(C(Cc3ccccc3)c3ccccc3)nc2c1. The van der Waals surface area contributed by atoms with Crippen LogP contribution in [0.4, 0.5) is 0 Å². The number of methoxy groups -OCH3 is 1. The van der Waals surface area contributed by atoms with Gasteiger partial charge in [-0.3, -0.25) is 4.68 Å². The molecule has 1 atom stereocenters. The van der Waals surface area contributed by atoms with Crippen LogP contribution in [0, 0.1) is 0 Å². The van der Waals surface area contributed by atoms with E-state index in [1.807, 2.05) is 41.2 Å². The van der Waals surface area contributed by atoms with Crippen LogP contribution in [-0.2, 0) is 11.2 Å². The Kier molecular flexibility index (Phi) is 4.71. The molecular formula is C23H20N2O2. The minimum Gasteiger partial charge on any atom is -0.465 e. The Bertz CT molecular complexity index is 1060. The fourth-order valence-electron chi connectivity index (χ4n) is 3.32. The lowest BCUT2D eigenvalue weighted by molar-refractivity contribution is 0.0601. The molecule has 134 valence electrons. The van der Waals surface area contributed by atoms with Crippen molar-refractivity contribution in [2.45, 2.75) is 12.5 Å². The van der Waals surface area contributed by atoms with E-state index < -0.39 is 0 Å². The van der Waals surface area contributed by atoms with Gasteiger partial charge in [-0.05, 0) is 29.7 Å². The van der Waals surface area contributed by atoms with E-state index in [9.17, 15) is 4.79 Å². The third-order valence-electron chi connectivity index (χ3n) is 4.72. The van der Waals surface area contributed by atoms with Gasteiger partial charge >= 0.3 is 5.97 Å². The number of rotatable bonds is 5. The summed E-state index contributed by atoms with van der Waals surface area (Å²) < 4.78 is 6.81. The molecule has 0 saturated heterocycles. The first-order valence-electron chi connectivity index (χ1n) is 8.91. The molecule has 3 aromatic carbocycles. The molecule has 0 fully saturated rings. The van der Waals surface area contributed by atoms with Gasteiger partial charge < -0.3 is 4.74 Å². The predicted octanol–water partition coefficient (Wildman–Crippen LogP) is 4.66. The number of carbonyl (C=O) groups excluding carboxylic acids is 1. The Hall–Kier alpha value is -3.40. The summed E-state index contributed by atoms with van der Waals surface area (Å²) in [6, 6.07) is 26.3. The molecule has 4 rings (SSSR count). The summed E-state index contributed by atoms with van der Waals surface area (Å²) in [6.07, 6.45) is 2.87. The van der Waals surface area contributed by atoms with Gasteiger partial charge in [0.25, 0.3) is 0 Å². The maximum absolute atomic E-state index is 11.8. The molecule has 0 radical (unpaired) electrons. The van der Waals surface area contributed by atoms with Gasteiger partial charge in [0.15, 0.2) is 0 Å². The van der Waals surface area contributed by atoms with Gasteiger partial charge in [-0.15, -0.1) is 0 Å². The summed E-state index contributed by atoms with van der Waals surface area (Å²) in [5.41, 5.74) is 3.74. The van der Waals surface area contributed by atoms with Crippen molar-refractivity contribution < 1.29 is 9.53 Å². The van der Waals surface area contributed by atoms with Crippen molar-refractivity contribution in [2.75, 3.05) is 7.11 Å². The molecule has 0 spiro atoms. The van der Waals surface area contributed by atoms with Crippen molar-refractivity contribution in [1.29, 1.82) is 0 Å². The maximum atomic E-state index is 11.8. The zero-order valence-electron chi connectivity index (χ0n) is 15.1. The molecule has 0 amide bonds. The highest BCUT2D eigenvalue weighted by atomic mass is 16.5. The summed E-state index contributed by atoms with van der Waals surface area (Å²) >= 11 is 0. The van der Waals surface area contributed by atoms with Crippen LogP contribution in [0.25, 0.3) is 10.9 Å². The molecule has 0 aliphatic carbocycles. The quantitative estimate of drug-likeness (QED) is 0.489. The number of hydrogen-bond acceptors (Lipinski definition) is 3. The van der Waals surface area contributed by atoms with E-state index in [1.54, 1.807) is 12.1 Å². The van der Waals surface area contributed by atoms with Crippen LogP contribution < -0.4 is 0 Å². The Morgan fingerprint density at radius 1 is 1.00 bits per heavy atom. The van der Waals surface area contributed by atoms with Gasteiger partial charge in [-0.2, -0.15) is 5.10 Å². The zero-order valence-corrected chi connectivity index (χ0v) is 15.1. The van der Waals surface area contributed by atoms with Crippen molar-refractivity contribution in [3.8, 4) is 0 Å². The molecule has 1 heterocycles. The van der Waals surface area contributed by atoms with Gasteiger partial charge in [0.2, 0.25) is 0 Å². The second kappa shape index (κ2) is 7.46. The highest BCUT2D eigenvalue weighted by Crippen LogP contribution is 2.25. The zero-order chi connectivity index (χ0) is 18.6. The minimum atomic E-state index is -0.352. The lowest BCUT2D eigenvalue weighted by Crippen LogP contribution is -2.14. The Morgan fingerprint density at radius 2 is 1.70 bits per heavy atom. The molecule has 4 heteroatoms. The first-order valence-corrected chi connectivity index (χ1v) is 8.91. The molecule has 0 aliphatic heterocycles. The Balaban J connectivity index is 1.76. The van der Waals surface area contributed by atoms with Gasteiger partial charge in [-0.1, -0.05) is 66.7 Å². The van der Waals surface area contributed by atoms with Crippen molar-refractivity contribution in [2.24, 2.45) is 0 Å². The summed E-state index contributed by atoms with van der Waals surface area (Å²) in [4.78, 5) is 11.8. The first-order chi connectivity index (χ1) is 13.2. The Labute approximate surface area is 158 Å². The number of esters is 1. The number of carbonyl (C=O) groups is 1. The molecule has 1 aromatic heterocycles. The molecule has 27 heavy (non-hydrogen) atoms. The van der Waals surface area contributed by atoms with Gasteiger partial charge in [0.05, 0.1) is 24.2 Å². The monoisotopic (exact) mass is 356 g/mol. The first kappa shape index (κ1) is 17.0. The van der Waals surface area contributed by atoms with E-state index in [-0.39, 0.29) is 12.0 Å². The van der Waals surface area contributed by atoms with Crippen LogP contribution in [0.3, 0.4) is 0 Å². The van der Waals surface area contributed by atoms with E-state index in [2.05, 4.69) is 36.4 Å². The van der Waals surface area contributed by atoms with Crippen LogP contribution in [0.1, 0.15) is 27.5 Å². The van der Waals surface area contributed by atoms with Crippen LogP contribution in [0.2, 0.25) is 0 Å².